The number of hydrogen-bond donors (Lipinski definition) is 0. The number of carbonyl (C=O) groups is 5. The van der Waals surface area contributed by atoms with Crippen molar-refractivity contribution in [1.82, 2.24) is 0 Å². The Bertz CT molecular complexity index is 1120. The van der Waals surface area contributed by atoms with Gasteiger partial charge in [-0.15, -0.1) is 0 Å². The van der Waals surface area contributed by atoms with Gasteiger partial charge in [-0.3, -0.25) is 19.2 Å². The first-order chi connectivity index (χ1) is 17.7. The summed E-state index contributed by atoms with van der Waals surface area (Å²) in [4.78, 5) is 63.7. The SMILES string of the molecule is CCCC(=O)OC1CC(C)=CC2OC(=O)C3(C)OC23C(OC(C)=O)C2C(C)C(=O)C=CC2(C)C1OC(C)=O. The van der Waals surface area contributed by atoms with Crippen molar-refractivity contribution in [2.45, 2.75) is 103 Å². The van der Waals surface area contributed by atoms with Gasteiger partial charge in [-0.05, 0) is 32.4 Å². The topological polar surface area (TPSA) is 135 Å². The Morgan fingerprint density at radius 2 is 1.68 bits per heavy atom. The summed E-state index contributed by atoms with van der Waals surface area (Å²) in [5, 5.41) is 0. The van der Waals surface area contributed by atoms with Crippen molar-refractivity contribution >= 4 is 29.7 Å². The number of epoxide rings is 1. The van der Waals surface area contributed by atoms with Gasteiger partial charge in [0, 0.05) is 43.9 Å². The molecule has 0 bridgehead atoms. The van der Waals surface area contributed by atoms with E-state index in [1.54, 1.807) is 39.8 Å². The lowest BCUT2D eigenvalue weighted by molar-refractivity contribution is -0.193. The van der Waals surface area contributed by atoms with Crippen LogP contribution in [0.25, 0.3) is 0 Å². The summed E-state index contributed by atoms with van der Waals surface area (Å²) >= 11 is 0. The molecule has 0 N–H and O–H groups in total. The van der Waals surface area contributed by atoms with E-state index in [1.165, 1.54) is 19.9 Å². The van der Waals surface area contributed by atoms with Gasteiger partial charge >= 0.3 is 23.9 Å². The first-order valence-electron chi connectivity index (χ1n) is 13.1. The van der Waals surface area contributed by atoms with Crippen LogP contribution in [0.4, 0.5) is 0 Å². The minimum Gasteiger partial charge on any atom is -0.459 e. The van der Waals surface area contributed by atoms with Crippen molar-refractivity contribution in [2.75, 3.05) is 0 Å². The second-order valence-corrected chi connectivity index (χ2v) is 11.2. The van der Waals surface area contributed by atoms with Crippen molar-refractivity contribution < 1.29 is 47.7 Å². The Morgan fingerprint density at radius 1 is 1.05 bits per heavy atom. The van der Waals surface area contributed by atoms with E-state index in [0.29, 0.717) is 12.0 Å². The van der Waals surface area contributed by atoms with E-state index < -0.39 is 76.7 Å². The average Bonchev–Trinajstić information content (AvgIpc) is 3.40. The van der Waals surface area contributed by atoms with Crippen LogP contribution in [0.1, 0.15) is 67.7 Å². The van der Waals surface area contributed by atoms with Gasteiger partial charge < -0.3 is 23.7 Å². The van der Waals surface area contributed by atoms with Crippen molar-refractivity contribution in [3.63, 3.8) is 0 Å². The fourth-order valence-electron chi connectivity index (χ4n) is 6.60. The van der Waals surface area contributed by atoms with Crippen LogP contribution in [0.15, 0.2) is 23.8 Å². The number of carbonyl (C=O) groups excluding carboxylic acids is 5. The number of hydrogen-bond acceptors (Lipinski definition) is 10. The van der Waals surface area contributed by atoms with Gasteiger partial charge in [-0.2, -0.15) is 0 Å². The summed E-state index contributed by atoms with van der Waals surface area (Å²) < 4.78 is 29.6. The number of esters is 4. The summed E-state index contributed by atoms with van der Waals surface area (Å²) in [5.41, 5.74) is -3.27. The smallest absolute Gasteiger partial charge is 0.342 e. The standard InChI is InChI=1S/C28H36O10/c1-8-9-21(32)36-19-12-14(2)13-20-28(27(7,38-28)25(33)37-20)24(35-17(5)30)22-15(3)18(31)10-11-26(22,6)23(19)34-16(4)29/h10-11,13,15,19-20,22-24H,8-9,12H2,1-7H3. The minimum absolute atomic E-state index is 0.169. The van der Waals surface area contributed by atoms with Crippen molar-refractivity contribution in [3.05, 3.63) is 23.8 Å². The fourth-order valence-corrected chi connectivity index (χ4v) is 6.60. The van der Waals surface area contributed by atoms with Gasteiger partial charge in [0.1, 0.15) is 18.3 Å². The lowest BCUT2D eigenvalue weighted by atomic mass is 9.57. The second-order valence-electron chi connectivity index (χ2n) is 11.2. The first-order valence-corrected chi connectivity index (χ1v) is 13.1. The van der Waals surface area contributed by atoms with Crippen LogP contribution >= 0.6 is 0 Å². The molecule has 4 aliphatic rings. The molecule has 208 valence electrons. The molecule has 0 aromatic carbocycles. The number of allylic oxidation sites excluding steroid dienone is 1. The lowest BCUT2D eigenvalue weighted by Gasteiger charge is -2.51. The van der Waals surface area contributed by atoms with E-state index in [0.717, 1.165) is 0 Å². The van der Waals surface area contributed by atoms with Gasteiger partial charge in [-0.25, -0.2) is 4.79 Å². The third kappa shape index (κ3) is 4.26. The first kappa shape index (κ1) is 28.0. The molecule has 2 fully saturated rings. The highest BCUT2D eigenvalue weighted by atomic mass is 16.7. The van der Waals surface area contributed by atoms with Crippen LogP contribution in [0, 0.1) is 17.3 Å². The molecule has 0 aromatic rings. The predicted molar refractivity (Wildman–Crippen MR) is 131 cm³/mol. The Hall–Kier alpha value is -3.01. The number of ketones is 1. The van der Waals surface area contributed by atoms with E-state index in [-0.39, 0.29) is 18.6 Å². The molecule has 1 spiro atoms. The molecule has 0 radical (unpaired) electrons. The zero-order valence-electron chi connectivity index (χ0n) is 22.9. The minimum atomic E-state index is -1.40. The second kappa shape index (κ2) is 9.63. The van der Waals surface area contributed by atoms with Crippen LogP contribution in [0.3, 0.4) is 0 Å². The molecule has 0 saturated carbocycles. The maximum absolute atomic E-state index is 13.1. The highest BCUT2D eigenvalue weighted by molar-refractivity contribution is 5.93. The zero-order valence-corrected chi connectivity index (χ0v) is 22.9. The molecule has 0 amide bonds. The van der Waals surface area contributed by atoms with Gasteiger partial charge in [-0.1, -0.05) is 32.4 Å². The predicted octanol–water partition coefficient (Wildman–Crippen LogP) is 2.76. The third-order valence-electron chi connectivity index (χ3n) is 8.42. The van der Waals surface area contributed by atoms with Gasteiger partial charge in [0.15, 0.2) is 23.1 Å². The third-order valence-corrected chi connectivity index (χ3v) is 8.42. The highest BCUT2D eigenvalue weighted by Gasteiger charge is 2.87. The molecule has 2 aliphatic heterocycles. The Kier molecular flexibility index (Phi) is 7.10. The van der Waals surface area contributed by atoms with Crippen molar-refractivity contribution in [2.24, 2.45) is 17.3 Å². The largest absolute Gasteiger partial charge is 0.459 e. The molecular weight excluding hydrogens is 496 g/mol. The van der Waals surface area contributed by atoms with Crippen molar-refractivity contribution in [1.29, 1.82) is 0 Å². The summed E-state index contributed by atoms with van der Waals surface area (Å²) in [7, 11) is 0. The molecular formula is C28H36O10. The Labute approximate surface area is 222 Å². The quantitative estimate of drug-likeness (QED) is 0.225. The summed E-state index contributed by atoms with van der Waals surface area (Å²) in [6.07, 6.45) is 1.63. The maximum atomic E-state index is 13.1. The number of ether oxygens (including phenoxy) is 5. The van der Waals surface area contributed by atoms with Crippen LogP contribution in [0.5, 0.6) is 0 Å². The van der Waals surface area contributed by atoms with Gasteiger partial charge in [0.2, 0.25) is 0 Å². The molecule has 10 heteroatoms. The van der Waals surface area contributed by atoms with Crippen LogP contribution in [0.2, 0.25) is 0 Å². The highest BCUT2D eigenvalue weighted by Crippen LogP contribution is 2.64. The van der Waals surface area contributed by atoms with Crippen LogP contribution in [-0.4, -0.2) is 65.3 Å². The monoisotopic (exact) mass is 532 g/mol. The summed E-state index contributed by atoms with van der Waals surface area (Å²) in [6.45, 7) is 11.2. The molecule has 9 unspecified atom stereocenters. The molecule has 4 rings (SSSR count). The Balaban J connectivity index is 1.98. The van der Waals surface area contributed by atoms with Crippen molar-refractivity contribution in [3.8, 4) is 0 Å². The van der Waals surface area contributed by atoms with Crippen LogP contribution < -0.4 is 0 Å². The lowest BCUT2D eigenvalue weighted by Crippen LogP contribution is -2.61. The molecule has 2 heterocycles. The average molecular weight is 533 g/mol. The molecule has 0 aromatic heterocycles. The van der Waals surface area contributed by atoms with E-state index in [4.69, 9.17) is 23.7 Å². The molecule has 2 saturated heterocycles. The van der Waals surface area contributed by atoms with Gasteiger partial charge in [0.25, 0.3) is 0 Å². The Morgan fingerprint density at radius 3 is 2.26 bits per heavy atom. The van der Waals surface area contributed by atoms with Gasteiger partial charge in [0.05, 0.1) is 0 Å². The summed E-state index contributed by atoms with van der Waals surface area (Å²) in [6, 6.07) is 0. The number of fused-ring (bicyclic) bond motifs is 1. The zero-order chi connectivity index (χ0) is 28.2. The fraction of sp³-hybridized carbons (Fsp3) is 0.679. The van der Waals surface area contributed by atoms with E-state index in [2.05, 4.69) is 0 Å². The van der Waals surface area contributed by atoms with Crippen LogP contribution in [-0.2, 0) is 47.7 Å². The normalized spacial score (nSPS) is 41.5. The summed E-state index contributed by atoms with van der Waals surface area (Å²) in [5.74, 6) is -4.08. The number of rotatable bonds is 5. The molecule has 9 atom stereocenters. The van der Waals surface area contributed by atoms with E-state index >= 15 is 0 Å². The van der Waals surface area contributed by atoms with E-state index in [9.17, 15) is 24.0 Å². The molecule has 10 nitrogen and oxygen atoms in total. The molecule has 2 aliphatic carbocycles. The van der Waals surface area contributed by atoms with E-state index in [1.807, 2.05) is 6.92 Å². The molecule has 38 heavy (non-hydrogen) atoms. The maximum Gasteiger partial charge on any atom is 0.342 e.